The Balaban J connectivity index is 0.000000271. The second kappa shape index (κ2) is 25.4. The zero-order valence-corrected chi connectivity index (χ0v) is 33.1. The molecule has 3 saturated heterocycles. The molecule has 0 saturated carbocycles. The van der Waals surface area contributed by atoms with Crippen LogP contribution in [-0.4, -0.2) is 159 Å². The highest BCUT2D eigenvalue weighted by atomic mass is 79.9. The number of aromatic nitrogens is 3. The number of nitrogens with two attached hydrogens (primary N) is 1. The van der Waals surface area contributed by atoms with Crippen molar-refractivity contribution in [3.05, 3.63) is 79.4 Å². The van der Waals surface area contributed by atoms with Gasteiger partial charge in [-0.2, -0.15) is 0 Å². The molecule has 0 aromatic carbocycles. The molecule has 0 aliphatic carbocycles. The summed E-state index contributed by atoms with van der Waals surface area (Å²) in [6.07, 6.45) is 5.47. The van der Waals surface area contributed by atoms with Gasteiger partial charge in [0.2, 0.25) is 10.4 Å². The third-order valence-electron chi connectivity index (χ3n) is 9.18. The second-order valence-electron chi connectivity index (χ2n) is 12.9. The largest absolute Gasteiger partial charge is 0.384 e. The number of hydrogen-bond acceptors (Lipinski definition) is 17. The molecule has 0 bridgehead atoms. The summed E-state index contributed by atoms with van der Waals surface area (Å²) in [5.41, 5.74) is 5.67. The van der Waals surface area contributed by atoms with Crippen LogP contribution in [0.4, 0.5) is 29.1 Å². The van der Waals surface area contributed by atoms with Gasteiger partial charge >= 0.3 is 11.6 Å². The molecule has 3 aromatic rings. The highest BCUT2D eigenvalue weighted by Gasteiger charge is 2.29. The Morgan fingerprint density at radius 1 is 0.737 bits per heavy atom. The van der Waals surface area contributed by atoms with Crippen LogP contribution in [0.5, 0.6) is 0 Å². The van der Waals surface area contributed by atoms with E-state index >= 15 is 0 Å². The van der Waals surface area contributed by atoms with Crippen LogP contribution < -0.4 is 20.9 Å². The molecule has 3 radical (unpaired) electrons. The first kappa shape index (κ1) is 48.3. The van der Waals surface area contributed by atoms with Gasteiger partial charge in [0.05, 0.1) is 18.6 Å². The number of anilines is 3. The lowest BCUT2D eigenvalue weighted by Crippen LogP contribution is -2.37. The first-order chi connectivity index (χ1) is 26.9. The number of nitrogens with zero attached hydrogens (tertiary/aromatic N) is 10. The van der Waals surface area contributed by atoms with Gasteiger partial charge in [0.25, 0.3) is 22.2 Å². The third kappa shape index (κ3) is 16.3. The number of pyridine rings is 3. The average molecular weight is 850 g/mol. The van der Waals surface area contributed by atoms with E-state index in [0.717, 1.165) is 76.4 Å². The number of nitro groups is 2. The molecule has 3 fully saturated rings. The zero-order valence-electron chi connectivity index (χ0n) is 31.5. The molecule has 0 spiro atoms. The fraction of sp³-hybridized carbons (Fsp3) is 0.471. The number of carbonyl (C=O) groups excluding carboxylic acids is 3. The van der Waals surface area contributed by atoms with Crippen molar-refractivity contribution in [1.29, 1.82) is 0 Å². The van der Waals surface area contributed by atoms with Crippen LogP contribution in [-0.2, 0) is 14.4 Å². The third-order valence-corrected chi connectivity index (χ3v) is 9.62. The maximum Gasteiger partial charge on any atom is 0.365 e. The SMILES string of the molecule is C.CN([B]C=O)[C@H]1CCN(c2cccc(N)n2)C1.CN([B]C=O)[C@H]1CCN(c2cccc([N+](=O)[O-])n2)C1.CN([B]C=O)[C@H]1CCNC1.O=[N+]([O-])c1cccc(Br)n1. The Bertz CT molecular complexity index is 1740. The van der Waals surface area contributed by atoms with E-state index in [9.17, 15) is 34.6 Å². The van der Waals surface area contributed by atoms with Gasteiger partial charge in [-0.15, -0.1) is 0 Å². The molecule has 23 heteroatoms. The zero-order chi connectivity index (χ0) is 41.0. The molecule has 6 heterocycles. The summed E-state index contributed by atoms with van der Waals surface area (Å²) in [6.45, 7) is 5.36. The Hall–Kier alpha value is -4.83. The van der Waals surface area contributed by atoms with Gasteiger partial charge in [-0.05, 0) is 97.1 Å². The summed E-state index contributed by atoms with van der Waals surface area (Å²) in [5, 5.41) is 24.0. The first-order valence-corrected chi connectivity index (χ1v) is 18.5. The van der Waals surface area contributed by atoms with Gasteiger partial charge < -0.3 is 69.9 Å². The summed E-state index contributed by atoms with van der Waals surface area (Å²) in [4.78, 5) is 72.6. The van der Waals surface area contributed by atoms with Crippen LogP contribution in [0.2, 0.25) is 0 Å². The maximum atomic E-state index is 10.7. The summed E-state index contributed by atoms with van der Waals surface area (Å²) < 4.78 is 0.474. The number of nitrogen functional groups attached to an aromatic ring is 1. The van der Waals surface area contributed by atoms with E-state index in [0.29, 0.717) is 34.9 Å². The minimum Gasteiger partial charge on any atom is -0.384 e. The predicted molar refractivity (Wildman–Crippen MR) is 228 cm³/mol. The van der Waals surface area contributed by atoms with Crippen molar-refractivity contribution in [1.82, 2.24) is 34.7 Å². The molecule has 3 aromatic heterocycles. The van der Waals surface area contributed by atoms with Crippen molar-refractivity contribution >= 4 is 85.8 Å². The van der Waals surface area contributed by atoms with Crippen LogP contribution in [0.15, 0.2) is 59.2 Å². The van der Waals surface area contributed by atoms with Crippen molar-refractivity contribution in [2.75, 3.05) is 75.9 Å². The van der Waals surface area contributed by atoms with Gasteiger partial charge in [-0.3, -0.25) is 0 Å². The standard InChI is InChI=1S/C11H14BN4O3.C11H16BN4O.C6H12BN2O.C5H3BrN2O2.CH4/c1-14(12-8-17)9-5-6-15(7-9)10-3-2-4-11(13-10)16(18)19;1-15(12-8-17)9-5-6-16(7-9)11-4-2-3-10(13)14-11;1-9(7-5-10)6-2-3-8-4-6;6-4-2-1-3-5(7-4)8(9)10;/h2-4,8-9H,5-7H2,1H3;2-4,8-9H,5-7H2,1H3,(H2,13,14);5-6,8H,2-4H2,1H3;1-3H;1H4/t2*9-;6-;;/m000../s1. The predicted octanol–water partition coefficient (Wildman–Crippen LogP) is 1.77. The fourth-order valence-electron chi connectivity index (χ4n) is 6.01. The number of carbonyl (C=O) groups is 3. The molecule has 303 valence electrons. The van der Waals surface area contributed by atoms with Gasteiger partial charge in [0.15, 0.2) is 0 Å². The molecule has 6 rings (SSSR count). The molecule has 3 aliphatic rings. The smallest absolute Gasteiger partial charge is 0.365 e. The lowest BCUT2D eigenvalue weighted by molar-refractivity contribution is -0.389. The average Bonchev–Trinajstić information content (AvgIpc) is 4.00. The molecule has 19 nitrogen and oxygen atoms in total. The molecule has 3 aliphatic heterocycles. The van der Waals surface area contributed by atoms with Crippen molar-refractivity contribution in [3.63, 3.8) is 0 Å². The minimum absolute atomic E-state index is 0. The van der Waals surface area contributed by atoms with Crippen LogP contribution in [0.1, 0.15) is 26.7 Å². The summed E-state index contributed by atoms with van der Waals surface area (Å²) in [5.74, 6) is 1.77. The summed E-state index contributed by atoms with van der Waals surface area (Å²) in [7, 11) is 10.4. The fourth-order valence-corrected chi connectivity index (χ4v) is 6.34. The Kier molecular flexibility index (Phi) is 21.6. The monoisotopic (exact) mass is 849 g/mol. The molecule has 0 unspecified atom stereocenters. The van der Waals surface area contributed by atoms with Crippen LogP contribution >= 0.6 is 15.9 Å². The van der Waals surface area contributed by atoms with Crippen LogP contribution in [0, 0.1) is 20.2 Å². The molecule has 3 atom stereocenters. The van der Waals surface area contributed by atoms with E-state index in [4.69, 9.17) is 5.73 Å². The number of nitrogens with one attached hydrogen (secondary N) is 1. The second-order valence-corrected chi connectivity index (χ2v) is 13.7. The Labute approximate surface area is 344 Å². The summed E-state index contributed by atoms with van der Waals surface area (Å²) in [6, 6.07) is 16.1. The van der Waals surface area contributed by atoms with Gasteiger partial charge in [-0.25, -0.2) is 4.98 Å². The lowest BCUT2D eigenvalue weighted by atomic mass is 9.93. The number of hydrogen-bond donors (Lipinski definition) is 2. The highest BCUT2D eigenvalue weighted by Crippen LogP contribution is 2.23. The van der Waals surface area contributed by atoms with E-state index in [-0.39, 0.29) is 25.1 Å². The Morgan fingerprint density at radius 3 is 1.61 bits per heavy atom. The molecule has 57 heavy (non-hydrogen) atoms. The van der Waals surface area contributed by atoms with Crippen LogP contribution in [0.25, 0.3) is 0 Å². The van der Waals surface area contributed by atoms with Gasteiger partial charge in [-0.1, -0.05) is 13.5 Å². The lowest BCUT2D eigenvalue weighted by Gasteiger charge is -2.22. The molecule has 3 N–H and O–H groups in total. The number of rotatable bonds is 13. The van der Waals surface area contributed by atoms with E-state index in [2.05, 4.69) is 41.1 Å². The normalized spacial score (nSPS) is 18.1. The number of likely N-dealkylation sites (N-methyl/N-ethyl adjacent to an activating group) is 3. The van der Waals surface area contributed by atoms with E-state index in [1.807, 2.05) is 52.6 Å². The quantitative estimate of drug-likeness (QED) is 0.0821. The Morgan fingerprint density at radius 2 is 1.19 bits per heavy atom. The topological polar surface area (TPSA) is 230 Å². The van der Waals surface area contributed by atoms with E-state index in [1.165, 1.54) is 19.5 Å². The van der Waals surface area contributed by atoms with Crippen molar-refractivity contribution in [2.45, 2.75) is 44.8 Å². The molecular weight excluding hydrogens is 801 g/mol. The minimum atomic E-state index is -0.537. The van der Waals surface area contributed by atoms with E-state index in [1.54, 1.807) is 45.2 Å². The highest BCUT2D eigenvalue weighted by molar-refractivity contribution is 9.10. The first-order valence-electron chi connectivity index (χ1n) is 17.7. The van der Waals surface area contributed by atoms with Gasteiger partial charge in [0, 0.05) is 85.0 Å². The maximum absolute atomic E-state index is 10.7. The van der Waals surface area contributed by atoms with E-state index < -0.39 is 9.85 Å². The number of halogens is 1. The summed E-state index contributed by atoms with van der Waals surface area (Å²) >= 11 is 3.01. The molecular formula is C34H49B3BrN12O7. The van der Waals surface area contributed by atoms with Crippen molar-refractivity contribution in [2.24, 2.45) is 0 Å². The van der Waals surface area contributed by atoms with Gasteiger partial charge in [0.1, 0.15) is 11.6 Å². The van der Waals surface area contributed by atoms with Crippen molar-refractivity contribution in [3.8, 4) is 0 Å². The van der Waals surface area contributed by atoms with Crippen LogP contribution in [0.3, 0.4) is 0 Å². The van der Waals surface area contributed by atoms with Crippen molar-refractivity contribution < 1.29 is 24.2 Å². The molecule has 0 amide bonds.